The zero-order chi connectivity index (χ0) is 12.3. The fourth-order valence-electron chi connectivity index (χ4n) is 1.01. The number of carboxylic acid groups (broad SMARTS) is 1. The molecule has 0 spiro atoms. The third kappa shape index (κ3) is 2.50. The van der Waals surface area contributed by atoms with E-state index in [0.29, 0.717) is 0 Å². The van der Waals surface area contributed by atoms with Crippen LogP contribution in [0.5, 0.6) is 0 Å². The first-order chi connectivity index (χ1) is 7.43. The number of carboxylic acids is 1. The minimum atomic E-state index is -3.35. The van der Waals surface area contributed by atoms with Crippen molar-refractivity contribution < 1.29 is 27.9 Å². The second-order valence-electron chi connectivity index (χ2n) is 2.76. The summed E-state index contributed by atoms with van der Waals surface area (Å²) in [5.41, 5.74) is -1.35. The number of rotatable bonds is 3. The molecule has 7 heteroatoms. The van der Waals surface area contributed by atoms with Crippen molar-refractivity contribution in [2.24, 2.45) is 0 Å². The molecule has 0 radical (unpaired) electrons. The van der Waals surface area contributed by atoms with Gasteiger partial charge in [0.2, 0.25) is 0 Å². The first kappa shape index (κ1) is 12.0. The van der Waals surface area contributed by atoms with E-state index < -0.39 is 35.4 Å². The van der Waals surface area contributed by atoms with Crippen LogP contribution in [0.3, 0.4) is 0 Å². The van der Waals surface area contributed by atoms with Crippen molar-refractivity contribution in [2.75, 3.05) is 5.32 Å². The van der Waals surface area contributed by atoms with Crippen molar-refractivity contribution >= 4 is 17.6 Å². The number of halogens is 3. The van der Waals surface area contributed by atoms with Crippen molar-refractivity contribution in [3.8, 4) is 0 Å². The standard InChI is InChI=1S/C9H6F3NO3/c10-5-3-1-2-4(9(15)16)6(5)13-8(14)7(11)12/h1-3,7H,(H,13,14)(H,15,16). The Morgan fingerprint density at radius 1 is 1.31 bits per heavy atom. The lowest BCUT2D eigenvalue weighted by Gasteiger charge is -2.08. The number of carbonyl (C=O) groups is 2. The summed E-state index contributed by atoms with van der Waals surface area (Å²) in [6, 6.07) is 2.94. The molecule has 0 bridgehead atoms. The number of amides is 1. The third-order valence-corrected chi connectivity index (χ3v) is 1.69. The number of para-hydroxylation sites is 1. The van der Waals surface area contributed by atoms with Gasteiger partial charge in [-0.2, -0.15) is 8.78 Å². The van der Waals surface area contributed by atoms with Crippen LogP contribution < -0.4 is 5.32 Å². The van der Waals surface area contributed by atoms with E-state index in [0.717, 1.165) is 18.2 Å². The molecule has 0 aliphatic rings. The van der Waals surface area contributed by atoms with E-state index in [2.05, 4.69) is 0 Å². The molecular formula is C9H6F3NO3. The van der Waals surface area contributed by atoms with Gasteiger partial charge in [0.15, 0.2) is 0 Å². The minimum Gasteiger partial charge on any atom is -0.478 e. The van der Waals surface area contributed by atoms with E-state index >= 15 is 0 Å². The lowest BCUT2D eigenvalue weighted by atomic mass is 10.1. The van der Waals surface area contributed by atoms with Gasteiger partial charge >= 0.3 is 12.4 Å². The second-order valence-corrected chi connectivity index (χ2v) is 2.76. The molecule has 0 fully saturated rings. The SMILES string of the molecule is O=C(O)c1cccc(F)c1NC(=O)C(F)F. The normalized spacial score (nSPS) is 10.2. The van der Waals surface area contributed by atoms with Crippen LogP contribution in [-0.4, -0.2) is 23.4 Å². The highest BCUT2D eigenvalue weighted by Crippen LogP contribution is 2.20. The van der Waals surface area contributed by atoms with Crippen molar-refractivity contribution in [3.05, 3.63) is 29.6 Å². The summed E-state index contributed by atoms with van der Waals surface area (Å²) in [5.74, 6) is -4.37. The third-order valence-electron chi connectivity index (χ3n) is 1.69. The number of hydrogen-bond donors (Lipinski definition) is 2. The maximum Gasteiger partial charge on any atom is 0.337 e. The van der Waals surface area contributed by atoms with Gasteiger partial charge in [0.05, 0.1) is 11.3 Å². The summed E-state index contributed by atoms with van der Waals surface area (Å²) in [5, 5.41) is 10.2. The Morgan fingerprint density at radius 2 is 1.94 bits per heavy atom. The predicted molar refractivity (Wildman–Crippen MR) is 48.0 cm³/mol. The highest BCUT2D eigenvalue weighted by atomic mass is 19.3. The zero-order valence-corrected chi connectivity index (χ0v) is 7.71. The first-order valence-electron chi connectivity index (χ1n) is 4.04. The molecule has 1 amide bonds. The summed E-state index contributed by atoms with van der Waals surface area (Å²) in [7, 11) is 0. The van der Waals surface area contributed by atoms with Crippen LogP contribution in [0.2, 0.25) is 0 Å². The van der Waals surface area contributed by atoms with Gasteiger partial charge in [-0.1, -0.05) is 6.07 Å². The number of benzene rings is 1. The molecule has 2 N–H and O–H groups in total. The molecule has 0 aliphatic heterocycles. The van der Waals surface area contributed by atoms with Crippen LogP contribution >= 0.6 is 0 Å². The lowest BCUT2D eigenvalue weighted by Crippen LogP contribution is -2.22. The van der Waals surface area contributed by atoms with Crippen molar-refractivity contribution in [1.82, 2.24) is 0 Å². The molecule has 86 valence electrons. The molecule has 1 rings (SSSR count). The Bertz CT molecular complexity index is 434. The topological polar surface area (TPSA) is 66.4 Å². The molecule has 16 heavy (non-hydrogen) atoms. The first-order valence-corrected chi connectivity index (χ1v) is 4.04. The summed E-state index contributed by atoms with van der Waals surface area (Å²) in [6.07, 6.45) is -3.35. The number of hydrogen-bond acceptors (Lipinski definition) is 2. The molecule has 0 heterocycles. The Hall–Kier alpha value is -2.05. The largest absolute Gasteiger partial charge is 0.478 e. The Kier molecular flexibility index (Phi) is 3.49. The molecular weight excluding hydrogens is 227 g/mol. The highest BCUT2D eigenvalue weighted by molar-refractivity contribution is 6.01. The molecule has 0 saturated carbocycles. The van der Waals surface area contributed by atoms with Gasteiger partial charge in [0.25, 0.3) is 5.91 Å². The van der Waals surface area contributed by atoms with Crippen LogP contribution in [0.25, 0.3) is 0 Å². The molecule has 1 aromatic rings. The molecule has 0 aliphatic carbocycles. The van der Waals surface area contributed by atoms with Crippen LogP contribution in [0.1, 0.15) is 10.4 Å². The number of alkyl halides is 2. The van der Waals surface area contributed by atoms with Crippen LogP contribution in [-0.2, 0) is 4.79 Å². The number of anilines is 1. The molecule has 0 unspecified atom stereocenters. The van der Waals surface area contributed by atoms with Gasteiger partial charge in [0.1, 0.15) is 5.82 Å². The highest BCUT2D eigenvalue weighted by Gasteiger charge is 2.21. The summed E-state index contributed by atoms with van der Waals surface area (Å²) >= 11 is 0. The number of aromatic carboxylic acids is 1. The van der Waals surface area contributed by atoms with Gasteiger partial charge in [-0.15, -0.1) is 0 Å². The summed E-state index contributed by atoms with van der Waals surface area (Å²) in [4.78, 5) is 21.2. The van der Waals surface area contributed by atoms with Gasteiger partial charge in [-0.3, -0.25) is 4.79 Å². The van der Waals surface area contributed by atoms with Crippen molar-refractivity contribution in [2.45, 2.75) is 6.43 Å². The van der Waals surface area contributed by atoms with E-state index in [9.17, 15) is 22.8 Å². The minimum absolute atomic E-state index is 0.589. The molecule has 0 saturated heterocycles. The van der Waals surface area contributed by atoms with Gasteiger partial charge in [-0.05, 0) is 12.1 Å². The Morgan fingerprint density at radius 3 is 2.44 bits per heavy atom. The van der Waals surface area contributed by atoms with Gasteiger partial charge in [-0.25, -0.2) is 9.18 Å². The average molecular weight is 233 g/mol. The van der Waals surface area contributed by atoms with Crippen LogP contribution in [0.4, 0.5) is 18.9 Å². The lowest BCUT2D eigenvalue weighted by molar-refractivity contribution is -0.126. The summed E-state index contributed by atoms with van der Waals surface area (Å²) in [6.45, 7) is 0. The predicted octanol–water partition coefficient (Wildman–Crippen LogP) is 1.73. The van der Waals surface area contributed by atoms with Crippen LogP contribution in [0, 0.1) is 5.82 Å². The number of nitrogens with one attached hydrogen (secondary N) is 1. The van der Waals surface area contributed by atoms with Crippen molar-refractivity contribution in [1.29, 1.82) is 0 Å². The second kappa shape index (κ2) is 4.65. The maximum absolute atomic E-state index is 13.1. The van der Waals surface area contributed by atoms with Gasteiger partial charge < -0.3 is 10.4 Å². The number of carbonyl (C=O) groups excluding carboxylic acids is 1. The Labute approximate surface area is 87.7 Å². The monoisotopic (exact) mass is 233 g/mol. The molecule has 0 aromatic heterocycles. The van der Waals surface area contributed by atoms with Gasteiger partial charge in [0, 0.05) is 0 Å². The fourth-order valence-corrected chi connectivity index (χ4v) is 1.01. The quantitative estimate of drug-likeness (QED) is 0.835. The van der Waals surface area contributed by atoms with E-state index in [-0.39, 0.29) is 0 Å². The maximum atomic E-state index is 13.1. The van der Waals surface area contributed by atoms with E-state index in [1.54, 1.807) is 0 Å². The van der Waals surface area contributed by atoms with Crippen LogP contribution in [0.15, 0.2) is 18.2 Å². The zero-order valence-electron chi connectivity index (χ0n) is 7.71. The fraction of sp³-hybridized carbons (Fsp3) is 0.111. The van der Waals surface area contributed by atoms with E-state index in [1.807, 2.05) is 0 Å². The van der Waals surface area contributed by atoms with Crippen molar-refractivity contribution in [3.63, 3.8) is 0 Å². The Balaban J connectivity index is 3.11. The molecule has 0 atom stereocenters. The van der Waals surface area contributed by atoms with E-state index in [4.69, 9.17) is 5.11 Å². The summed E-state index contributed by atoms with van der Waals surface area (Å²) < 4.78 is 36.9. The molecule has 1 aromatic carbocycles. The average Bonchev–Trinajstić information content (AvgIpc) is 2.20. The van der Waals surface area contributed by atoms with E-state index in [1.165, 1.54) is 5.32 Å². The smallest absolute Gasteiger partial charge is 0.337 e. The molecule has 4 nitrogen and oxygen atoms in total.